The molecule has 14 heteroatoms. The van der Waals surface area contributed by atoms with E-state index in [2.05, 4.69) is 32.3 Å². The molecule has 0 unspecified atom stereocenters. The van der Waals surface area contributed by atoms with Crippen LogP contribution in [0.25, 0.3) is 0 Å². The number of hydrogen-bond acceptors (Lipinski definition) is 12. The molecule has 2 aromatic heterocycles. The predicted octanol–water partition coefficient (Wildman–Crippen LogP) is 2.41. The minimum atomic E-state index is -0.643. The van der Waals surface area contributed by atoms with E-state index in [0.29, 0.717) is 88.6 Å². The first-order valence-corrected chi connectivity index (χ1v) is 15.7. The first kappa shape index (κ1) is 33.6. The van der Waals surface area contributed by atoms with Gasteiger partial charge in [-0.2, -0.15) is 18.5 Å². The lowest BCUT2D eigenvalue weighted by atomic mass is 9.98. The zero-order chi connectivity index (χ0) is 31.2. The van der Waals surface area contributed by atoms with E-state index in [1.54, 1.807) is 12.3 Å². The summed E-state index contributed by atoms with van der Waals surface area (Å²) in [7, 11) is 0. The summed E-state index contributed by atoms with van der Waals surface area (Å²) in [6, 6.07) is 7.93. The number of aromatic nitrogens is 3. The summed E-state index contributed by atoms with van der Waals surface area (Å²) in [4.78, 5) is 44.8. The summed E-state index contributed by atoms with van der Waals surface area (Å²) in [5, 5.41) is 14.2. The lowest BCUT2D eigenvalue weighted by molar-refractivity contribution is -0.131. The average Bonchev–Trinajstić information content (AvgIpc) is 3.58. The smallest absolute Gasteiger partial charge is 0.228 e. The highest BCUT2D eigenvalue weighted by Gasteiger charge is 2.26. The number of nitrogens with one attached hydrogen (secondary N) is 1. The second-order valence-electron chi connectivity index (χ2n) is 11.8. The third-order valence-electron chi connectivity index (χ3n) is 8.51. The Labute approximate surface area is 275 Å². The maximum absolute atomic E-state index is 13.3. The maximum atomic E-state index is 13.3. The van der Waals surface area contributed by atoms with Crippen LogP contribution in [-0.2, 0) is 29.1 Å². The van der Waals surface area contributed by atoms with Gasteiger partial charge in [0.25, 0.3) is 0 Å². The monoisotopic (exact) mass is 653 g/mol. The van der Waals surface area contributed by atoms with E-state index in [0.717, 1.165) is 25.3 Å². The number of rotatable bonds is 13. The molecule has 13 nitrogen and oxygen atoms in total. The number of benzene rings is 1. The average molecular weight is 654 g/mol. The molecule has 0 saturated carbocycles. The van der Waals surface area contributed by atoms with Crippen LogP contribution in [0.5, 0.6) is 5.75 Å². The Bertz CT molecular complexity index is 1460. The van der Waals surface area contributed by atoms with Crippen LogP contribution in [0.3, 0.4) is 0 Å². The highest BCUT2D eigenvalue weighted by molar-refractivity contribution is 7.59. The molecule has 6 rings (SSSR count). The molecule has 1 aromatic carbocycles. The first-order chi connectivity index (χ1) is 21.9. The standard InChI is InChI=1S/C32H41N7O6.H2S/c1-2-31(42)38-9-11-39(12-10-38)32-35-28(14-30(36-32)34-24-18-43-19-24)29(41)6-4-25(40)17-37-8-7-22-13-26(5-3-23(22)16-37)44-20-27-15-33-21-45-27;/h3,5,13-15,21,24-25,40H,2,4,6-12,16-20H2,1H3,(H,34,35,36);1H2/t25-;/m0./s1. The van der Waals surface area contributed by atoms with Crippen molar-refractivity contribution in [3.05, 3.63) is 59.4 Å². The van der Waals surface area contributed by atoms with Crippen LogP contribution < -0.4 is 15.0 Å². The molecule has 3 aromatic rings. The lowest BCUT2D eigenvalue weighted by Gasteiger charge is -2.35. The Morgan fingerprint density at radius 3 is 2.65 bits per heavy atom. The molecule has 2 N–H and O–H groups in total. The van der Waals surface area contributed by atoms with Gasteiger partial charge in [0.05, 0.1) is 31.6 Å². The number of aliphatic hydroxyl groups excluding tert-OH is 1. The van der Waals surface area contributed by atoms with E-state index in [1.807, 2.05) is 22.8 Å². The van der Waals surface area contributed by atoms with E-state index in [4.69, 9.17) is 18.9 Å². The van der Waals surface area contributed by atoms with Crippen molar-refractivity contribution in [2.24, 2.45) is 0 Å². The van der Waals surface area contributed by atoms with Gasteiger partial charge in [-0.25, -0.2) is 9.97 Å². The van der Waals surface area contributed by atoms with Gasteiger partial charge in [0, 0.05) is 64.7 Å². The molecule has 0 spiro atoms. The van der Waals surface area contributed by atoms with Gasteiger partial charge in [0.2, 0.25) is 11.9 Å². The van der Waals surface area contributed by atoms with Gasteiger partial charge in [-0.15, -0.1) is 0 Å². The summed E-state index contributed by atoms with van der Waals surface area (Å²) in [6.45, 7) is 7.81. The summed E-state index contributed by atoms with van der Waals surface area (Å²) in [6.07, 6.45) is 4.24. The van der Waals surface area contributed by atoms with Crippen molar-refractivity contribution in [2.45, 2.75) is 57.9 Å². The molecule has 46 heavy (non-hydrogen) atoms. The number of nitrogens with zero attached hydrogens (tertiary/aromatic N) is 6. The van der Waals surface area contributed by atoms with Gasteiger partial charge in [-0.05, 0) is 36.1 Å². The van der Waals surface area contributed by atoms with Crippen LogP contribution in [-0.4, -0.2) is 106 Å². The SMILES string of the molecule is CCC(=O)N1CCN(c2nc(NC3COC3)cc(C(=O)CC[C@H](O)CN3CCc4cc(OCc5cnco5)ccc4C3)n2)CC1.S. The van der Waals surface area contributed by atoms with E-state index in [9.17, 15) is 14.7 Å². The van der Waals surface area contributed by atoms with Gasteiger partial charge in [-0.3, -0.25) is 14.5 Å². The summed E-state index contributed by atoms with van der Waals surface area (Å²) >= 11 is 0. The fraction of sp³-hybridized carbons (Fsp3) is 0.531. The number of aliphatic hydroxyl groups is 1. The predicted molar refractivity (Wildman–Crippen MR) is 176 cm³/mol. The Kier molecular flexibility index (Phi) is 11.5. The number of β-amino-alcohol motifs (C(OH)–C–C–N with tert-alkyl or cyclic N) is 1. The topological polar surface area (TPSA) is 146 Å². The second kappa shape index (κ2) is 15.7. The Morgan fingerprint density at radius 1 is 1.11 bits per heavy atom. The van der Waals surface area contributed by atoms with Gasteiger partial charge in [0.1, 0.15) is 23.9 Å². The van der Waals surface area contributed by atoms with Crippen LogP contribution in [0.4, 0.5) is 11.8 Å². The fourth-order valence-electron chi connectivity index (χ4n) is 5.82. The van der Waals surface area contributed by atoms with E-state index < -0.39 is 6.10 Å². The zero-order valence-electron chi connectivity index (χ0n) is 26.2. The number of ether oxygens (including phenoxy) is 2. The van der Waals surface area contributed by atoms with Crippen LogP contribution in [0.2, 0.25) is 0 Å². The molecule has 3 aliphatic heterocycles. The molecule has 0 radical (unpaired) electrons. The highest BCUT2D eigenvalue weighted by atomic mass is 32.1. The normalized spacial score (nSPS) is 17.4. The minimum Gasteiger partial charge on any atom is -0.486 e. The van der Waals surface area contributed by atoms with E-state index in [1.165, 1.54) is 17.5 Å². The fourth-order valence-corrected chi connectivity index (χ4v) is 5.82. The van der Waals surface area contributed by atoms with E-state index in [-0.39, 0.29) is 37.6 Å². The molecule has 5 heterocycles. The van der Waals surface area contributed by atoms with Crippen molar-refractivity contribution < 1.29 is 28.6 Å². The van der Waals surface area contributed by atoms with Crippen molar-refractivity contribution in [1.29, 1.82) is 0 Å². The van der Waals surface area contributed by atoms with Crippen LogP contribution >= 0.6 is 13.5 Å². The van der Waals surface area contributed by atoms with Gasteiger partial charge < -0.3 is 34.1 Å². The Morgan fingerprint density at radius 2 is 1.93 bits per heavy atom. The number of hydrogen-bond donors (Lipinski definition) is 2. The van der Waals surface area contributed by atoms with E-state index >= 15 is 0 Å². The molecule has 248 valence electrons. The summed E-state index contributed by atoms with van der Waals surface area (Å²) in [5.74, 6) is 2.53. The molecule has 1 atom stereocenters. The van der Waals surface area contributed by atoms with Crippen LogP contribution in [0, 0.1) is 0 Å². The van der Waals surface area contributed by atoms with Gasteiger partial charge >= 0.3 is 0 Å². The second-order valence-corrected chi connectivity index (χ2v) is 11.8. The molecule has 2 fully saturated rings. The molecule has 1 amide bonds. The van der Waals surface area contributed by atoms with Crippen molar-refractivity contribution in [2.75, 3.05) is 62.7 Å². The number of amides is 1. The number of carbonyl (C=O) groups is 2. The molecular weight excluding hydrogens is 610 g/mol. The molecule has 2 saturated heterocycles. The third-order valence-corrected chi connectivity index (χ3v) is 8.51. The van der Waals surface area contributed by atoms with Crippen molar-refractivity contribution in [3.63, 3.8) is 0 Å². The maximum Gasteiger partial charge on any atom is 0.228 e. The Balaban J connectivity index is 0.00000417. The van der Waals surface area contributed by atoms with Crippen molar-refractivity contribution in [1.82, 2.24) is 24.8 Å². The molecule has 0 aliphatic carbocycles. The number of oxazole rings is 1. The lowest BCUT2D eigenvalue weighted by Crippen LogP contribution is -2.49. The summed E-state index contributed by atoms with van der Waals surface area (Å²) in [5.41, 5.74) is 2.78. The number of Topliss-reactive ketones (excluding diaryl/α,β-unsaturated/α-hetero) is 1. The number of carbonyl (C=O) groups excluding carboxylic acids is 2. The highest BCUT2D eigenvalue weighted by Crippen LogP contribution is 2.25. The molecule has 0 bridgehead atoms. The minimum absolute atomic E-state index is 0. The first-order valence-electron chi connectivity index (χ1n) is 15.7. The largest absolute Gasteiger partial charge is 0.486 e. The number of fused-ring (bicyclic) bond motifs is 1. The summed E-state index contributed by atoms with van der Waals surface area (Å²) < 4.78 is 16.4. The molecular formula is C32H43N7O6S. The number of ketones is 1. The van der Waals surface area contributed by atoms with Crippen molar-refractivity contribution in [3.8, 4) is 5.75 Å². The Hall–Kier alpha value is -3.72. The van der Waals surface area contributed by atoms with Crippen molar-refractivity contribution >= 4 is 37.0 Å². The zero-order valence-corrected chi connectivity index (χ0v) is 27.2. The molecule has 3 aliphatic rings. The third kappa shape index (κ3) is 8.55. The van der Waals surface area contributed by atoms with Crippen LogP contribution in [0.15, 0.2) is 41.3 Å². The number of piperazine rings is 1. The van der Waals surface area contributed by atoms with Gasteiger partial charge in [-0.1, -0.05) is 13.0 Å². The quantitative estimate of drug-likeness (QED) is 0.261. The van der Waals surface area contributed by atoms with Crippen LogP contribution in [0.1, 0.15) is 53.6 Å². The number of anilines is 2. The van der Waals surface area contributed by atoms with Gasteiger partial charge in [0.15, 0.2) is 17.9 Å².